The quantitative estimate of drug-likeness (QED) is 0.901. The van der Waals surface area contributed by atoms with Crippen LogP contribution < -0.4 is 10.2 Å². The van der Waals surface area contributed by atoms with E-state index in [1.807, 2.05) is 11.4 Å². The monoisotopic (exact) mass is 318 g/mol. The van der Waals surface area contributed by atoms with E-state index in [0.29, 0.717) is 25.5 Å². The fourth-order valence-corrected chi connectivity index (χ4v) is 2.99. The van der Waals surface area contributed by atoms with E-state index in [1.165, 1.54) is 11.2 Å². The van der Waals surface area contributed by atoms with Crippen molar-refractivity contribution in [3.8, 4) is 0 Å². The molecule has 0 spiro atoms. The Bertz CT molecular complexity index is 612. The van der Waals surface area contributed by atoms with Crippen LogP contribution in [0.3, 0.4) is 0 Å². The molecule has 0 saturated carbocycles. The average molecular weight is 318 g/mol. The number of nitrogens with one attached hydrogen (secondary N) is 1. The number of aromatic nitrogens is 2. The topological polar surface area (TPSA) is 67.4 Å². The number of amides is 1. The van der Waals surface area contributed by atoms with Crippen LogP contribution in [0.25, 0.3) is 0 Å². The number of carbonyl (C=O) groups is 1. The van der Waals surface area contributed by atoms with Gasteiger partial charge in [-0.25, -0.2) is 9.97 Å². The molecule has 0 bridgehead atoms. The van der Waals surface area contributed by atoms with Gasteiger partial charge in [0.2, 0.25) is 0 Å². The van der Waals surface area contributed by atoms with Crippen molar-refractivity contribution in [2.75, 3.05) is 37.7 Å². The molecule has 3 heterocycles. The van der Waals surface area contributed by atoms with Gasteiger partial charge in [-0.2, -0.15) is 0 Å². The largest absolute Gasteiger partial charge is 0.378 e. The second-order valence-electron chi connectivity index (χ2n) is 4.95. The fraction of sp³-hybridized carbons (Fsp3) is 0.400. The molecule has 0 aliphatic carbocycles. The minimum atomic E-state index is -0.159. The Balaban J connectivity index is 1.57. The van der Waals surface area contributed by atoms with E-state index in [4.69, 9.17) is 4.74 Å². The molecule has 0 atom stereocenters. The molecular formula is C15H18N4O2S. The van der Waals surface area contributed by atoms with Gasteiger partial charge in [-0.15, -0.1) is 11.3 Å². The number of thiophene rings is 1. The molecular weight excluding hydrogens is 300 g/mol. The second-order valence-corrected chi connectivity index (χ2v) is 5.98. The lowest BCUT2D eigenvalue weighted by atomic mass is 10.3. The molecule has 1 amide bonds. The molecule has 1 saturated heterocycles. The van der Waals surface area contributed by atoms with Crippen LogP contribution in [-0.2, 0) is 11.2 Å². The normalized spacial score (nSPS) is 14.8. The Morgan fingerprint density at radius 3 is 3.00 bits per heavy atom. The van der Waals surface area contributed by atoms with Gasteiger partial charge in [0, 0.05) is 30.6 Å². The lowest BCUT2D eigenvalue weighted by molar-refractivity contribution is 0.0949. The number of hydrogen-bond acceptors (Lipinski definition) is 6. The SMILES string of the molecule is O=C(NCCc1cccs1)c1cc(N2CCOCC2)ncn1. The maximum absolute atomic E-state index is 12.2. The van der Waals surface area contributed by atoms with Gasteiger partial charge >= 0.3 is 0 Å². The summed E-state index contributed by atoms with van der Waals surface area (Å²) in [4.78, 5) is 23.9. The first-order valence-electron chi connectivity index (χ1n) is 7.28. The third-order valence-electron chi connectivity index (χ3n) is 3.46. The van der Waals surface area contributed by atoms with Gasteiger partial charge < -0.3 is 15.0 Å². The molecule has 1 fully saturated rings. The summed E-state index contributed by atoms with van der Waals surface area (Å²) >= 11 is 1.70. The third kappa shape index (κ3) is 3.80. The zero-order valence-corrected chi connectivity index (χ0v) is 13.0. The number of carbonyl (C=O) groups excluding carboxylic acids is 1. The highest BCUT2D eigenvalue weighted by atomic mass is 32.1. The molecule has 0 unspecified atom stereocenters. The summed E-state index contributed by atoms with van der Waals surface area (Å²) in [7, 11) is 0. The molecule has 2 aromatic heterocycles. The summed E-state index contributed by atoms with van der Waals surface area (Å²) in [5.41, 5.74) is 0.405. The van der Waals surface area contributed by atoms with Crippen LogP contribution in [0.15, 0.2) is 29.9 Å². The van der Waals surface area contributed by atoms with Crippen LogP contribution >= 0.6 is 11.3 Å². The number of ether oxygens (including phenoxy) is 1. The molecule has 22 heavy (non-hydrogen) atoms. The van der Waals surface area contributed by atoms with Crippen LogP contribution in [0.4, 0.5) is 5.82 Å². The van der Waals surface area contributed by atoms with Gasteiger partial charge in [0.1, 0.15) is 17.8 Å². The summed E-state index contributed by atoms with van der Waals surface area (Å²) in [6.45, 7) is 3.56. The maximum Gasteiger partial charge on any atom is 0.270 e. The maximum atomic E-state index is 12.2. The Morgan fingerprint density at radius 1 is 1.36 bits per heavy atom. The van der Waals surface area contributed by atoms with Gasteiger partial charge in [0.15, 0.2) is 0 Å². The molecule has 2 aromatic rings. The van der Waals surface area contributed by atoms with E-state index in [1.54, 1.807) is 17.4 Å². The van der Waals surface area contributed by atoms with E-state index in [9.17, 15) is 4.79 Å². The van der Waals surface area contributed by atoms with Gasteiger partial charge in [-0.1, -0.05) is 6.07 Å². The zero-order valence-electron chi connectivity index (χ0n) is 12.2. The first-order valence-corrected chi connectivity index (χ1v) is 8.16. The van der Waals surface area contributed by atoms with E-state index in [-0.39, 0.29) is 5.91 Å². The summed E-state index contributed by atoms with van der Waals surface area (Å²) in [6.07, 6.45) is 2.28. The van der Waals surface area contributed by atoms with E-state index < -0.39 is 0 Å². The van der Waals surface area contributed by atoms with E-state index >= 15 is 0 Å². The number of morpholine rings is 1. The first kappa shape index (κ1) is 14.9. The van der Waals surface area contributed by atoms with Crippen LogP contribution in [0.5, 0.6) is 0 Å². The van der Waals surface area contributed by atoms with Crippen molar-refractivity contribution in [1.82, 2.24) is 15.3 Å². The minimum Gasteiger partial charge on any atom is -0.378 e. The molecule has 116 valence electrons. The zero-order chi connectivity index (χ0) is 15.2. The number of hydrogen-bond donors (Lipinski definition) is 1. The van der Waals surface area contributed by atoms with Gasteiger partial charge in [0.05, 0.1) is 13.2 Å². The summed E-state index contributed by atoms with van der Waals surface area (Å²) < 4.78 is 5.32. The van der Waals surface area contributed by atoms with Crippen molar-refractivity contribution in [3.63, 3.8) is 0 Å². The van der Waals surface area contributed by atoms with Crippen molar-refractivity contribution < 1.29 is 9.53 Å². The summed E-state index contributed by atoms with van der Waals surface area (Å²) in [6, 6.07) is 5.82. The fourth-order valence-electron chi connectivity index (χ4n) is 2.28. The van der Waals surface area contributed by atoms with Crippen LogP contribution in [0.1, 0.15) is 15.4 Å². The number of rotatable bonds is 5. The lowest BCUT2D eigenvalue weighted by Gasteiger charge is -2.27. The van der Waals surface area contributed by atoms with Crippen molar-refractivity contribution in [3.05, 3.63) is 40.5 Å². The third-order valence-corrected chi connectivity index (χ3v) is 4.39. The molecule has 3 rings (SSSR count). The van der Waals surface area contributed by atoms with Gasteiger partial charge in [0.25, 0.3) is 5.91 Å². The van der Waals surface area contributed by atoms with Crippen LogP contribution in [-0.4, -0.2) is 48.7 Å². The summed E-state index contributed by atoms with van der Waals surface area (Å²) in [5.74, 6) is 0.621. The van der Waals surface area contributed by atoms with E-state index in [2.05, 4.69) is 26.3 Å². The van der Waals surface area contributed by atoms with Crippen molar-refractivity contribution in [2.24, 2.45) is 0 Å². The molecule has 1 aliphatic rings. The van der Waals surface area contributed by atoms with Gasteiger partial charge in [-0.3, -0.25) is 4.79 Å². The van der Waals surface area contributed by atoms with Crippen molar-refractivity contribution in [1.29, 1.82) is 0 Å². The Kier molecular flexibility index (Phi) is 4.97. The highest BCUT2D eigenvalue weighted by Gasteiger charge is 2.15. The smallest absolute Gasteiger partial charge is 0.270 e. The Labute approximate surface area is 133 Å². The highest BCUT2D eigenvalue weighted by molar-refractivity contribution is 7.09. The summed E-state index contributed by atoms with van der Waals surface area (Å²) in [5, 5.41) is 4.94. The van der Waals surface area contributed by atoms with Crippen LogP contribution in [0.2, 0.25) is 0 Å². The lowest BCUT2D eigenvalue weighted by Crippen LogP contribution is -2.37. The highest BCUT2D eigenvalue weighted by Crippen LogP contribution is 2.13. The molecule has 1 N–H and O–H groups in total. The predicted octanol–water partition coefficient (Wildman–Crippen LogP) is 1.35. The first-order chi connectivity index (χ1) is 10.8. The van der Waals surface area contributed by atoms with Crippen molar-refractivity contribution >= 4 is 23.1 Å². The molecule has 1 aliphatic heterocycles. The molecule has 0 aromatic carbocycles. The van der Waals surface area contributed by atoms with Gasteiger partial charge in [-0.05, 0) is 17.9 Å². The molecule has 7 heteroatoms. The van der Waals surface area contributed by atoms with Crippen LogP contribution in [0, 0.1) is 0 Å². The average Bonchev–Trinajstić information content (AvgIpc) is 3.09. The predicted molar refractivity (Wildman–Crippen MR) is 85.4 cm³/mol. The Morgan fingerprint density at radius 2 is 2.23 bits per heavy atom. The second kappa shape index (κ2) is 7.33. The number of anilines is 1. The van der Waals surface area contributed by atoms with Crippen molar-refractivity contribution in [2.45, 2.75) is 6.42 Å². The Hall–Kier alpha value is -1.99. The minimum absolute atomic E-state index is 0.159. The number of nitrogens with zero attached hydrogens (tertiary/aromatic N) is 3. The standard InChI is InChI=1S/C15H18N4O2S/c20-15(16-4-3-12-2-1-9-22-12)13-10-14(18-11-17-13)19-5-7-21-8-6-19/h1-2,9-11H,3-8H2,(H,16,20). The van der Waals surface area contributed by atoms with E-state index in [0.717, 1.165) is 25.3 Å². The molecule has 0 radical (unpaired) electrons. The molecule has 6 nitrogen and oxygen atoms in total.